The zero-order chi connectivity index (χ0) is 22.7. The number of alkyl carbamates (subject to hydrolysis) is 1. The molecule has 1 aliphatic heterocycles. The lowest BCUT2D eigenvalue weighted by Gasteiger charge is -2.37. The van der Waals surface area contributed by atoms with E-state index in [4.69, 9.17) is 4.74 Å². The number of nitrogens with one attached hydrogen (secondary N) is 2. The molecule has 1 saturated heterocycles. The number of carbonyl (C=O) groups is 2. The quantitative estimate of drug-likeness (QED) is 0.694. The van der Waals surface area contributed by atoms with E-state index in [9.17, 15) is 9.59 Å². The summed E-state index contributed by atoms with van der Waals surface area (Å²) in [4.78, 5) is 27.0. The van der Waals surface area contributed by atoms with E-state index in [1.54, 1.807) is 0 Å². The van der Waals surface area contributed by atoms with Gasteiger partial charge in [-0.1, -0.05) is 48.5 Å². The number of hydrogen-bond donors (Lipinski definition) is 2. The van der Waals surface area contributed by atoms with E-state index in [0.29, 0.717) is 13.1 Å². The fraction of sp³-hybridized carbons (Fsp3) is 0.462. The average molecular weight is 436 g/mol. The molecule has 0 radical (unpaired) electrons. The molecule has 1 aliphatic carbocycles. The number of benzene rings is 2. The predicted molar refractivity (Wildman–Crippen MR) is 125 cm³/mol. The predicted octanol–water partition coefficient (Wildman–Crippen LogP) is 4.11. The second-order valence-corrected chi connectivity index (χ2v) is 9.63. The number of piperidine rings is 1. The molecule has 32 heavy (non-hydrogen) atoms. The largest absolute Gasteiger partial charge is 0.444 e. The van der Waals surface area contributed by atoms with Gasteiger partial charge in [0.05, 0.1) is 12.0 Å². The van der Waals surface area contributed by atoms with Crippen molar-refractivity contribution in [3.05, 3.63) is 59.7 Å². The summed E-state index contributed by atoms with van der Waals surface area (Å²) < 4.78 is 5.22. The van der Waals surface area contributed by atoms with Crippen LogP contribution in [0, 0.1) is 5.92 Å². The molecule has 2 aliphatic rings. The third-order valence-corrected chi connectivity index (χ3v) is 6.08. The topological polar surface area (TPSA) is 70.7 Å². The number of carbonyl (C=O) groups excluding carboxylic acids is 2. The molecule has 2 aromatic rings. The summed E-state index contributed by atoms with van der Waals surface area (Å²) >= 11 is 0. The number of nitrogens with zero attached hydrogens (tertiary/aromatic N) is 1. The summed E-state index contributed by atoms with van der Waals surface area (Å²) in [6, 6.07) is 17.4. The Morgan fingerprint density at radius 1 is 0.969 bits per heavy atom. The molecule has 2 N–H and O–H groups in total. The van der Waals surface area contributed by atoms with Crippen molar-refractivity contribution in [3.63, 3.8) is 0 Å². The van der Waals surface area contributed by atoms with Crippen molar-refractivity contribution in [2.24, 2.45) is 5.92 Å². The Morgan fingerprint density at radius 2 is 1.56 bits per heavy atom. The lowest BCUT2D eigenvalue weighted by molar-refractivity contribution is -0.126. The summed E-state index contributed by atoms with van der Waals surface area (Å²) in [6.45, 7) is 7.93. The maximum atomic E-state index is 12.8. The fourth-order valence-corrected chi connectivity index (χ4v) is 4.79. The van der Waals surface area contributed by atoms with E-state index in [1.807, 2.05) is 20.8 Å². The third-order valence-electron chi connectivity index (χ3n) is 6.08. The van der Waals surface area contributed by atoms with Crippen LogP contribution in [0.25, 0.3) is 11.1 Å². The van der Waals surface area contributed by atoms with Crippen molar-refractivity contribution in [2.75, 3.05) is 26.2 Å². The molecule has 170 valence electrons. The first-order valence-corrected chi connectivity index (χ1v) is 11.5. The monoisotopic (exact) mass is 435 g/mol. The van der Waals surface area contributed by atoms with Crippen molar-refractivity contribution in [1.82, 2.24) is 15.5 Å². The van der Waals surface area contributed by atoms with Gasteiger partial charge in [0.25, 0.3) is 0 Å². The van der Waals surface area contributed by atoms with Gasteiger partial charge in [0.15, 0.2) is 0 Å². The molecule has 0 saturated carbocycles. The van der Waals surface area contributed by atoms with E-state index in [1.165, 1.54) is 22.3 Å². The van der Waals surface area contributed by atoms with Gasteiger partial charge in [-0.3, -0.25) is 9.69 Å². The minimum absolute atomic E-state index is 0.0507. The SMILES string of the molecule is CC(C)(C)OC(=O)NCCNC(=O)C1CCCN(C2c3ccccc3-c3ccccc32)C1. The van der Waals surface area contributed by atoms with E-state index in [-0.39, 0.29) is 17.9 Å². The third kappa shape index (κ3) is 4.96. The maximum Gasteiger partial charge on any atom is 0.407 e. The number of hydrogen-bond acceptors (Lipinski definition) is 4. The summed E-state index contributed by atoms with van der Waals surface area (Å²) in [6.07, 6.45) is 1.42. The first-order chi connectivity index (χ1) is 15.3. The van der Waals surface area contributed by atoms with Gasteiger partial charge in [-0.15, -0.1) is 0 Å². The van der Waals surface area contributed by atoms with Crippen LogP contribution in [0.5, 0.6) is 0 Å². The summed E-state index contributed by atoms with van der Waals surface area (Å²) in [7, 11) is 0. The first-order valence-electron chi connectivity index (χ1n) is 11.5. The molecule has 1 fully saturated rings. The number of likely N-dealkylation sites (tertiary alicyclic amines) is 1. The number of ether oxygens (including phenoxy) is 1. The molecular formula is C26H33N3O3. The minimum Gasteiger partial charge on any atom is -0.444 e. The molecule has 6 heteroatoms. The standard InChI is InChI=1S/C26H33N3O3/c1-26(2,3)32-25(31)28-15-14-27-24(30)18-9-8-16-29(17-18)23-21-12-6-4-10-19(21)20-11-5-7-13-22(20)23/h4-7,10-13,18,23H,8-9,14-17H2,1-3H3,(H,27,30)(H,28,31). The summed E-state index contributed by atoms with van der Waals surface area (Å²) in [5.41, 5.74) is 4.73. The Balaban J connectivity index is 1.35. The first kappa shape index (κ1) is 22.3. The maximum absolute atomic E-state index is 12.8. The lowest BCUT2D eigenvalue weighted by atomic mass is 9.93. The highest BCUT2D eigenvalue weighted by Gasteiger charge is 2.36. The molecule has 0 aromatic heterocycles. The summed E-state index contributed by atoms with van der Waals surface area (Å²) in [5.74, 6) is 0.00505. The molecule has 0 bridgehead atoms. The van der Waals surface area contributed by atoms with Crippen LogP contribution in [0.1, 0.15) is 50.8 Å². The number of rotatable bonds is 5. The minimum atomic E-state index is -0.531. The Hall–Kier alpha value is -2.86. The highest BCUT2D eigenvalue weighted by molar-refractivity contribution is 5.80. The van der Waals surface area contributed by atoms with Gasteiger partial charge in [0.1, 0.15) is 5.60 Å². The van der Waals surface area contributed by atoms with Crippen LogP contribution in [0.2, 0.25) is 0 Å². The molecule has 1 unspecified atom stereocenters. The van der Waals surface area contributed by atoms with Gasteiger partial charge < -0.3 is 15.4 Å². The van der Waals surface area contributed by atoms with Crippen LogP contribution in [0.3, 0.4) is 0 Å². The van der Waals surface area contributed by atoms with Crippen molar-refractivity contribution >= 4 is 12.0 Å². The van der Waals surface area contributed by atoms with Crippen LogP contribution in [-0.4, -0.2) is 48.7 Å². The highest BCUT2D eigenvalue weighted by atomic mass is 16.6. The van der Waals surface area contributed by atoms with Crippen molar-refractivity contribution in [3.8, 4) is 11.1 Å². The zero-order valence-corrected chi connectivity index (χ0v) is 19.2. The molecule has 2 aromatic carbocycles. The Morgan fingerprint density at radius 3 is 2.19 bits per heavy atom. The van der Waals surface area contributed by atoms with Crippen LogP contribution >= 0.6 is 0 Å². The van der Waals surface area contributed by atoms with Gasteiger partial charge in [-0.2, -0.15) is 0 Å². The van der Waals surface area contributed by atoms with Gasteiger partial charge in [-0.25, -0.2) is 4.79 Å². The normalized spacial score (nSPS) is 18.5. The number of amides is 2. The molecule has 4 rings (SSSR count). The molecule has 2 amide bonds. The fourth-order valence-electron chi connectivity index (χ4n) is 4.79. The number of fused-ring (bicyclic) bond motifs is 3. The van der Waals surface area contributed by atoms with E-state index in [0.717, 1.165) is 25.9 Å². The van der Waals surface area contributed by atoms with Gasteiger partial charge in [0, 0.05) is 19.6 Å². The van der Waals surface area contributed by atoms with Gasteiger partial charge >= 0.3 is 6.09 Å². The van der Waals surface area contributed by atoms with Gasteiger partial charge in [0.2, 0.25) is 5.91 Å². The van der Waals surface area contributed by atoms with Crippen molar-refractivity contribution in [2.45, 2.75) is 45.3 Å². The second kappa shape index (κ2) is 9.33. The molecule has 0 spiro atoms. The molecule has 6 nitrogen and oxygen atoms in total. The van der Waals surface area contributed by atoms with E-state index >= 15 is 0 Å². The Labute approximate surface area is 190 Å². The smallest absolute Gasteiger partial charge is 0.407 e. The van der Waals surface area contributed by atoms with E-state index < -0.39 is 11.7 Å². The zero-order valence-electron chi connectivity index (χ0n) is 19.2. The molecule has 1 heterocycles. The van der Waals surface area contributed by atoms with Crippen molar-refractivity contribution < 1.29 is 14.3 Å². The van der Waals surface area contributed by atoms with E-state index in [2.05, 4.69) is 64.1 Å². The lowest BCUT2D eigenvalue weighted by Crippen LogP contribution is -2.45. The van der Waals surface area contributed by atoms with Crippen molar-refractivity contribution in [1.29, 1.82) is 0 Å². The Bertz CT molecular complexity index is 937. The Kier molecular flexibility index (Phi) is 6.51. The van der Waals surface area contributed by atoms with Crippen LogP contribution in [0.4, 0.5) is 4.79 Å². The van der Waals surface area contributed by atoms with Crippen LogP contribution in [0.15, 0.2) is 48.5 Å². The molecular weight excluding hydrogens is 402 g/mol. The van der Waals surface area contributed by atoms with Crippen LogP contribution < -0.4 is 10.6 Å². The summed E-state index contributed by atoms with van der Waals surface area (Å²) in [5, 5.41) is 5.67. The highest BCUT2D eigenvalue weighted by Crippen LogP contribution is 2.47. The molecule has 1 atom stereocenters. The average Bonchev–Trinajstić information content (AvgIpc) is 3.10. The van der Waals surface area contributed by atoms with Crippen LogP contribution in [-0.2, 0) is 9.53 Å². The second-order valence-electron chi connectivity index (χ2n) is 9.63. The van der Waals surface area contributed by atoms with Gasteiger partial charge in [-0.05, 0) is 62.4 Å².